The highest BCUT2D eigenvalue weighted by Gasteiger charge is 2.42. The maximum atomic E-state index is 12.9. The summed E-state index contributed by atoms with van der Waals surface area (Å²) in [7, 11) is 0. The van der Waals surface area contributed by atoms with Crippen LogP contribution >= 0.6 is 0 Å². The van der Waals surface area contributed by atoms with E-state index >= 15 is 0 Å². The first kappa shape index (κ1) is 16.1. The van der Waals surface area contributed by atoms with E-state index in [-0.39, 0.29) is 11.8 Å². The lowest BCUT2D eigenvalue weighted by Gasteiger charge is -2.37. The Hall–Kier alpha value is -2.11. The summed E-state index contributed by atoms with van der Waals surface area (Å²) in [5, 5.41) is 4.39. The van der Waals surface area contributed by atoms with E-state index < -0.39 is 0 Å². The van der Waals surface area contributed by atoms with Gasteiger partial charge in [-0.15, -0.1) is 0 Å². The van der Waals surface area contributed by atoms with Crippen molar-refractivity contribution >= 4 is 11.8 Å². The molecule has 1 aromatic rings. The van der Waals surface area contributed by atoms with Crippen LogP contribution in [0.5, 0.6) is 0 Å². The second kappa shape index (κ2) is 6.25. The molecule has 1 saturated heterocycles. The van der Waals surface area contributed by atoms with Crippen LogP contribution < -0.4 is 0 Å². The van der Waals surface area contributed by atoms with Crippen molar-refractivity contribution in [1.82, 2.24) is 19.6 Å². The van der Waals surface area contributed by atoms with E-state index in [1.165, 1.54) is 0 Å². The minimum atomic E-state index is 0.0862. The lowest BCUT2D eigenvalue weighted by molar-refractivity contribution is -0.137. The average Bonchev–Trinajstić information content (AvgIpc) is 3.42. The number of aromatic nitrogens is 2. The molecule has 0 radical (unpaired) electrons. The van der Waals surface area contributed by atoms with Crippen molar-refractivity contribution in [3.63, 3.8) is 0 Å². The van der Waals surface area contributed by atoms with E-state index in [0.29, 0.717) is 43.9 Å². The first-order valence-electron chi connectivity index (χ1n) is 10.0. The van der Waals surface area contributed by atoms with Gasteiger partial charge in [0.2, 0.25) is 5.91 Å². The van der Waals surface area contributed by atoms with Gasteiger partial charge < -0.3 is 9.80 Å². The molecule has 26 heavy (non-hydrogen) atoms. The average molecular weight is 354 g/mol. The normalized spacial score (nSPS) is 29.9. The van der Waals surface area contributed by atoms with Gasteiger partial charge in [-0.1, -0.05) is 12.2 Å². The Morgan fingerprint density at radius 2 is 1.77 bits per heavy atom. The summed E-state index contributed by atoms with van der Waals surface area (Å²) in [4.78, 5) is 29.7. The van der Waals surface area contributed by atoms with Gasteiger partial charge in [-0.3, -0.25) is 14.3 Å². The van der Waals surface area contributed by atoms with Crippen molar-refractivity contribution in [3.8, 4) is 0 Å². The Labute approximate surface area is 153 Å². The maximum absolute atomic E-state index is 12.9. The van der Waals surface area contributed by atoms with Crippen LogP contribution in [0.4, 0.5) is 0 Å². The fourth-order valence-corrected chi connectivity index (χ4v) is 5.20. The second-order valence-corrected chi connectivity index (χ2v) is 8.19. The van der Waals surface area contributed by atoms with E-state index in [4.69, 9.17) is 0 Å². The first-order valence-corrected chi connectivity index (χ1v) is 10.0. The summed E-state index contributed by atoms with van der Waals surface area (Å²) in [6.45, 7) is 3.50. The topological polar surface area (TPSA) is 58.4 Å². The first-order chi connectivity index (χ1) is 12.7. The van der Waals surface area contributed by atoms with Gasteiger partial charge in [0.05, 0.1) is 17.5 Å². The fourth-order valence-electron chi connectivity index (χ4n) is 5.20. The van der Waals surface area contributed by atoms with E-state index in [0.717, 1.165) is 49.9 Å². The highest BCUT2D eigenvalue weighted by atomic mass is 16.2. The summed E-state index contributed by atoms with van der Waals surface area (Å²) in [6.07, 6.45) is 11.6. The zero-order valence-electron chi connectivity index (χ0n) is 15.1. The lowest BCUT2D eigenvalue weighted by atomic mass is 9.92. The predicted molar refractivity (Wildman–Crippen MR) is 96.5 cm³/mol. The zero-order valence-corrected chi connectivity index (χ0v) is 15.1. The number of hydrogen-bond acceptors (Lipinski definition) is 3. The van der Waals surface area contributed by atoms with Crippen LogP contribution in [-0.4, -0.2) is 57.6 Å². The summed E-state index contributed by atoms with van der Waals surface area (Å²) in [5.74, 6) is 1.63. The van der Waals surface area contributed by atoms with Gasteiger partial charge in [0.25, 0.3) is 5.91 Å². The van der Waals surface area contributed by atoms with Crippen molar-refractivity contribution in [3.05, 3.63) is 29.6 Å². The molecule has 2 fully saturated rings. The van der Waals surface area contributed by atoms with Crippen molar-refractivity contribution in [2.45, 2.75) is 38.6 Å². The summed E-state index contributed by atoms with van der Waals surface area (Å²) in [5.41, 5.74) is 1.86. The predicted octanol–water partition coefficient (Wildman–Crippen LogP) is 1.72. The number of carbonyl (C=O) groups excluding carboxylic acids is 2. The van der Waals surface area contributed by atoms with Crippen LogP contribution in [0.1, 0.15) is 41.7 Å². The third-order valence-corrected chi connectivity index (χ3v) is 6.69. The molecule has 1 saturated carbocycles. The van der Waals surface area contributed by atoms with Crippen LogP contribution in [0.2, 0.25) is 0 Å². The zero-order chi connectivity index (χ0) is 17.7. The molecule has 2 aliphatic carbocycles. The molecule has 2 amide bonds. The molecule has 4 aliphatic rings. The smallest absolute Gasteiger partial charge is 0.257 e. The van der Waals surface area contributed by atoms with E-state index in [1.54, 1.807) is 6.20 Å². The maximum Gasteiger partial charge on any atom is 0.257 e. The standard InChI is InChI=1S/C20H26N4O2/c25-19(16-12-14-4-5-15(16)11-14)22-7-9-23(10-8-22)20(26)17-13-21-24-6-2-1-3-18(17)24/h4-5,13-16H,1-3,6-12H2. The van der Waals surface area contributed by atoms with Crippen molar-refractivity contribution in [1.29, 1.82) is 0 Å². The number of rotatable bonds is 2. The monoisotopic (exact) mass is 354 g/mol. The molecule has 3 unspecified atom stereocenters. The number of carbonyl (C=O) groups is 2. The molecule has 1 aromatic heterocycles. The van der Waals surface area contributed by atoms with E-state index in [2.05, 4.69) is 17.3 Å². The van der Waals surface area contributed by atoms with Crippen molar-refractivity contribution in [2.75, 3.05) is 26.2 Å². The Kier molecular flexibility index (Phi) is 3.87. The molecular weight excluding hydrogens is 328 g/mol. The molecule has 0 aromatic carbocycles. The number of fused-ring (bicyclic) bond motifs is 3. The third-order valence-electron chi connectivity index (χ3n) is 6.69. The van der Waals surface area contributed by atoms with Gasteiger partial charge in [-0.2, -0.15) is 5.10 Å². The van der Waals surface area contributed by atoms with Crippen LogP contribution in [0.3, 0.4) is 0 Å². The lowest BCUT2D eigenvalue weighted by Crippen LogP contribution is -2.52. The molecule has 6 heteroatoms. The van der Waals surface area contributed by atoms with Crippen molar-refractivity contribution in [2.24, 2.45) is 17.8 Å². The van der Waals surface area contributed by atoms with Gasteiger partial charge in [0.15, 0.2) is 0 Å². The molecule has 5 rings (SSSR count). The summed E-state index contributed by atoms with van der Waals surface area (Å²) in [6, 6.07) is 0. The van der Waals surface area contributed by atoms with Crippen LogP contribution in [0, 0.1) is 17.8 Å². The van der Waals surface area contributed by atoms with Crippen LogP contribution in [0.25, 0.3) is 0 Å². The van der Waals surface area contributed by atoms with Crippen molar-refractivity contribution < 1.29 is 9.59 Å². The molecule has 0 spiro atoms. The summed E-state index contributed by atoms with van der Waals surface area (Å²) < 4.78 is 1.99. The molecule has 6 nitrogen and oxygen atoms in total. The van der Waals surface area contributed by atoms with Gasteiger partial charge in [0, 0.05) is 38.6 Å². The molecule has 2 aliphatic heterocycles. The van der Waals surface area contributed by atoms with E-state index in [1.807, 2.05) is 14.5 Å². The van der Waals surface area contributed by atoms with Gasteiger partial charge >= 0.3 is 0 Å². The molecule has 0 N–H and O–H groups in total. The van der Waals surface area contributed by atoms with Gasteiger partial charge in [-0.25, -0.2) is 0 Å². The van der Waals surface area contributed by atoms with E-state index in [9.17, 15) is 9.59 Å². The number of amides is 2. The Balaban J connectivity index is 1.22. The number of aryl methyl sites for hydroxylation is 1. The minimum Gasteiger partial charge on any atom is -0.339 e. The van der Waals surface area contributed by atoms with Gasteiger partial charge in [-0.05, 0) is 43.9 Å². The SMILES string of the molecule is O=C(c1cnn2c1CCCC2)N1CCN(C(=O)C2CC3C=CC2C3)CC1. The second-order valence-electron chi connectivity index (χ2n) is 8.19. The molecule has 3 atom stereocenters. The number of nitrogens with zero attached hydrogens (tertiary/aromatic N) is 4. The van der Waals surface area contributed by atoms with Crippen LogP contribution in [-0.2, 0) is 17.8 Å². The quantitative estimate of drug-likeness (QED) is 0.760. The third kappa shape index (κ3) is 2.58. The number of piperazine rings is 1. The Bertz CT molecular complexity index is 760. The molecule has 138 valence electrons. The van der Waals surface area contributed by atoms with Gasteiger partial charge in [0.1, 0.15) is 0 Å². The Morgan fingerprint density at radius 3 is 2.50 bits per heavy atom. The summed E-state index contributed by atoms with van der Waals surface area (Å²) >= 11 is 0. The molecule has 3 heterocycles. The number of hydrogen-bond donors (Lipinski definition) is 0. The largest absolute Gasteiger partial charge is 0.339 e. The number of allylic oxidation sites excluding steroid dienone is 2. The van der Waals surface area contributed by atoms with Crippen LogP contribution in [0.15, 0.2) is 18.3 Å². The highest BCUT2D eigenvalue weighted by Crippen LogP contribution is 2.44. The minimum absolute atomic E-state index is 0.0862. The fraction of sp³-hybridized carbons (Fsp3) is 0.650. The molecule has 2 bridgehead atoms. The molecular formula is C20H26N4O2. The Morgan fingerprint density at radius 1 is 0.962 bits per heavy atom. The highest BCUT2D eigenvalue weighted by molar-refractivity contribution is 5.95.